The fraction of sp³-hybridized carbons (Fsp3) is 0. The Labute approximate surface area is 88.6 Å². The minimum atomic E-state index is 0.554. The van der Waals surface area contributed by atoms with E-state index in [1.54, 1.807) is 17.4 Å². The van der Waals surface area contributed by atoms with Crippen molar-refractivity contribution in [2.45, 2.75) is 0 Å². The second kappa shape index (κ2) is 3.47. The molecule has 0 aliphatic heterocycles. The maximum Gasteiger partial charge on any atom is 0.124 e. The van der Waals surface area contributed by atoms with E-state index in [9.17, 15) is 0 Å². The number of anilines is 1. The number of nitrogen functional groups attached to an aromatic ring is 1. The third kappa shape index (κ3) is 1.73. The van der Waals surface area contributed by atoms with Gasteiger partial charge in [-0.3, -0.25) is 0 Å². The Morgan fingerprint density at radius 3 is 2.77 bits per heavy atom. The molecule has 66 valence electrons. The summed E-state index contributed by atoms with van der Waals surface area (Å²) in [7, 11) is 0. The predicted molar refractivity (Wildman–Crippen MR) is 59.7 cm³/mol. The summed E-state index contributed by atoms with van der Waals surface area (Å²) in [5.74, 6) is 0.554. The Morgan fingerprint density at radius 1 is 1.31 bits per heavy atom. The number of nitrogens with zero attached hydrogens (tertiary/aromatic N) is 1. The summed E-state index contributed by atoms with van der Waals surface area (Å²) in [6, 6.07) is 7.65. The van der Waals surface area contributed by atoms with Crippen LogP contribution in [0.4, 0.5) is 5.82 Å². The van der Waals surface area contributed by atoms with Crippen LogP contribution in [0.5, 0.6) is 0 Å². The number of aromatic nitrogens is 1. The number of pyridine rings is 1. The molecular formula is C9H7BrN2S. The van der Waals surface area contributed by atoms with Crippen molar-refractivity contribution >= 4 is 33.1 Å². The van der Waals surface area contributed by atoms with Crippen molar-refractivity contribution < 1.29 is 0 Å². The number of hydrogen-bond donors (Lipinski definition) is 1. The van der Waals surface area contributed by atoms with Crippen molar-refractivity contribution in [1.29, 1.82) is 0 Å². The van der Waals surface area contributed by atoms with E-state index in [-0.39, 0.29) is 0 Å². The van der Waals surface area contributed by atoms with Crippen LogP contribution < -0.4 is 5.73 Å². The summed E-state index contributed by atoms with van der Waals surface area (Å²) in [6.45, 7) is 0. The van der Waals surface area contributed by atoms with Gasteiger partial charge in [0.1, 0.15) is 5.82 Å². The van der Waals surface area contributed by atoms with Crippen LogP contribution in [0.2, 0.25) is 0 Å². The topological polar surface area (TPSA) is 38.9 Å². The summed E-state index contributed by atoms with van der Waals surface area (Å²) in [5, 5.41) is 2.02. The Balaban J connectivity index is 2.53. The molecule has 13 heavy (non-hydrogen) atoms. The molecule has 2 aromatic rings. The predicted octanol–water partition coefficient (Wildman–Crippen LogP) is 3.15. The van der Waals surface area contributed by atoms with Gasteiger partial charge in [0, 0.05) is 4.47 Å². The van der Waals surface area contributed by atoms with Crippen molar-refractivity contribution in [3.8, 4) is 10.6 Å². The van der Waals surface area contributed by atoms with Gasteiger partial charge in [0.15, 0.2) is 0 Å². The first-order valence-electron chi connectivity index (χ1n) is 3.73. The van der Waals surface area contributed by atoms with Gasteiger partial charge in [0.05, 0.1) is 10.6 Å². The van der Waals surface area contributed by atoms with Gasteiger partial charge in [-0.15, -0.1) is 11.3 Å². The highest BCUT2D eigenvalue weighted by molar-refractivity contribution is 9.10. The highest BCUT2D eigenvalue weighted by Gasteiger charge is 2.05. The third-order valence-electron chi connectivity index (χ3n) is 1.62. The van der Waals surface area contributed by atoms with Crippen molar-refractivity contribution in [2.24, 2.45) is 0 Å². The quantitative estimate of drug-likeness (QED) is 0.850. The molecule has 2 aromatic heterocycles. The van der Waals surface area contributed by atoms with Gasteiger partial charge in [-0.2, -0.15) is 0 Å². The Bertz CT molecular complexity index is 425. The van der Waals surface area contributed by atoms with Crippen LogP contribution in [0.1, 0.15) is 0 Å². The number of thiophene rings is 1. The molecule has 0 unspecified atom stereocenters. The largest absolute Gasteiger partial charge is 0.384 e. The average molecular weight is 255 g/mol. The SMILES string of the molecule is Nc1cccc(-c2sccc2Br)n1. The van der Waals surface area contributed by atoms with Crippen LogP contribution in [0.25, 0.3) is 10.6 Å². The van der Waals surface area contributed by atoms with Crippen LogP contribution in [0.15, 0.2) is 34.1 Å². The molecule has 0 amide bonds. The molecule has 0 spiro atoms. The van der Waals surface area contributed by atoms with E-state index in [4.69, 9.17) is 5.73 Å². The zero-order chi connectivity index (χ0) is 9.26. The van der Waals surface area contributed by atoms with Crippen molar-refractivity contribution in [1.82, 2.24) is 4.98 Å². The smallest absolute Gasteiger partial charge is 0.124 e. The maximum atomic E-state index is 5.59. The summed E-state index contributed by atoms with van der Waals surface area (Å²) < 4.78 is 1.07. The molecule has 2 N–H and O–H groups in total. The van der Waals surface area contributed by atoms with Crippen molar-refractivity contribution in [3.63, 3.8) is 0 Å². The first-order valence-corrected chi connectivity index (χ1v) is 5.40. The number of halogens is 1. The van der Waals surface area contributed by atoms with Crippen LogP contribution >= 0.6 is 27.3 Å². The van der Waals surface area contributed by atoms with E-state index in [1.165, 1.54) is 0 Å². The molecule has 0 aliphatic carbocycles. The van der Waals surface area contributed by atoms with Gasteiger partial charge in [-0.05, 0) is 39.5 Å². The third-order valence-corrected chi connectivity index (χ3v) is 3.48. The fourth-order valence-corrected chi connectivity index (χ4v) is 2.60. The molecule has 4 heteroatoms. The minimum absolute atomic E-state index is 0.554. The van der Waals surface area contributed by atoms with Crippen LogP contribution in [0, 0.1) is 0 Å². The number of nitrogens with two attached hydrogens (primary N) is 1. The number of rotatable bonds is 1. The lowest BCUT2D eigenvalue weighted by atomic mass is 10.3. The molecule has 0 aromatic carbocycles. The Hall–Kier alpha value is -0.870. The van der Waals surface area contributed by atoms with Gasteiger partial charge in [0.2, 0.25) is 0 Å². The van der Waals surface area contributed by atoms with Crippen LogP contribution in [-0.2, 0) is 0 Å². The standard InChI is InChI=1S/C9H7BrN2S/c10-6-4-5-13-9(6)7-2-1-3-8(11)12-7/h1-5H,(H2,11,12). The molecule has 0 saturated carbocycles. The zero-order valence-corrected chi connectivity index (χ0v) is 9.10. The second-order valence-corrected chi connectivity index (χ2v) is 4.32. The van der Waals surface area contributed by atoms with E-state index in [2.05, 4.69) is 20.9 Å². The monoisotopic (exact) mass is 254 g/mol. The fourth-order valence-electron chi connectivity index (χ4n) is 1.05. The van der Waals surface area contributed by atoms with Crippen LogP contribution in [0.3, 0.4) is 0 Å². The van der Waals surface area contributed by atoms with Crippen molar-refractivity contribution in [3.05, 3.63) is 34.1 Å². The molecule has 0 fully saturated rings. The molecule has 0 atom stereocenters. The van der Waals surface area contributed by atoms with E-state index >= 15 is 0 Å². The second-order valence-electron chi connectivity index (χ2n) is 2.55. The molecule has 2 heterocycles. The minimum Gasteiger partial charge on any atom is -0.384 e. The molecule has 0 radical (unpaired) electrons. The van der Waals surface area contributed by atoms with Gasteiger partial charge in [0.25, 0.3) is 0 Å². The lowest BCUT2D eigenvalue weighted by Crippen LogP contribution is -1.90. The summed E-state index contributed by atoms with van der Waals surface area (Å²) in [5.41, 5.74) is 6.51. The van der Waals surface area contributed by atoms with Gasteiger partial charge >= 0.3 is 0 Å². The highest BCUT2D eigenvalue weighted by atomic mass is 79.9. The summed E-state index contributed by atoms with van der Waals surface area (Å²) in [6.07, 6.45) is 0. The maximum absolute atomic E-state index is 5.59. The molecule has 0 aliphatic rings. The lowest BCUT2D eigenvalue weighted by Gasteiger charge is -1.98. The normalized spacial score (nSPS) is 10.2. The molecule has 0 bridgehead atoms. The van der Waals surface area contributed by atoms with Gasteiger partial charge < -0.3 is 5.73 Å². The molecule has 2 rings (SSSR count). The van der Waals surface area contributed by atoms with Crippen molar-refractivity contribution in [2.75, 3.05) is 5.73 Å². The van der Waals surface area contributed by atoms with Gasteiger partial charge in [-0.1, -0.05) is 6.07 Å². The first kappa shape index (κ1) is 8.72. The van der Waals surface area contributed by atoms with Crippen LogP contribution in [-0.4, -0.2) is 4.98 Å². The van der Waals surface area contributed by atoms with E-state index in [0.29, 0.717) is 5.82 Å². The van der Waals surface area contributed by atoms with Gasteiger partial charge in [-0.25, -0.2) is 4.98 Å². The molecular weight excluding hydrogens is 248 g/mol. The Kier molecular flexibility index (Phi) is 2.33. The zero-order valence-electron chi connectivity index (χ0n) is 6.70. The number of hydrogen-bond acceptors (Lipinski definition) is 3. The molecule has 0 saturated heterocycles. The Morgan fingerprint density at radius 2 is 2.15 bits per heavy atom. The molecule has 2 nitrogen and oxygen atoms in total. The summed E-state index contributed by atoms with van der Waals surface area (Å²) in [4.78, 5) is 5.35. The van der Waals surface area contributed by atoms with E-state index in [0.717, 1.165) is 15.0 Å². The van der Waals surface area contributed by atoms with E-state index < -0.39 is 0 Å². The lowest BCUT2D eigenvalue weighted by molar-refractivity contribution is 1.34. The summed E-state index contributed by atoms with van der Waals surface area (Å²) >= 11 is 5.10. The first-order chi connectivity index (χ1) is 6.27. The average Bonchev–Trinajstić information content (AvgIpc) is 2.51. The highest BCUT2D eigenvalue weighted by Crippen LogP contribution is 2.32. The van der Waals surface area contributed by atoms with E-state index in [1.807, 2.05) is 23.6 Å².